The molecule has 0 fully saturated rings. The standard InChI is InChI=1S/C12H21N2S/c1-5-7-13-10(3)9-11(4)14(8-6-2)12(13)15/h9H,5-8H2,1-4H3/q+1. The van der Waals surface area contributed by atoms with Gasteiger partial charge in [-0.25, -0.2) is 9.13 Å². The van der Waals surface area contributed by atoms with Gasteiger partial charge in [0.05, 0.1) is 13.1 Å². The van der Waals surface area contributed by atoms with E-state index >= 15 is 0 Å². The van der Waals surface area contributed by atoms with Crippen molar-refractivity contribution in [3.8, 4) is 0 Å². The summed E-state index contributed by atoms with van der Waals surface area (Å²) in [6.45, 7) is 10.7. The van der Waals surface area contributed by atoms with Gasteiger partial charge in [0, 0.05) is 18.3 Å². The Morgan fingerprint density at radius 2 is 1.93 bits per heavy atom. The van der Waals surface area contributed by atoms with Crippen molar-refractivity contribution < 1.29 is 4.57 Å². The number of hydrogen-bond donors (Lipinski definition) is 0. The molecular weight excluding hydrogens is 204 g/mol. The van der Waals surface area contributed by atoms with Gasteiger partial charge in [-0.05, 0) is 26.7 Å². The summed E-state index contributed by atoms with van der Waals surface area (Å²) in [5, 5.41) is 0. The highest BCUT2D eigenvalue weighted by molar-refractivity contribution is 7.71. The predicted octanol–water partition coefficient (Wildman–Crippen LogP) is 2.94. The highest BCUT2D eigenvalue weighted by Crippen LogP contribution is 2.03. The fourth-order valence-corrected chi connectivity index (χ4v) is 2.37. The van der Waals surface area contributed by atoms with Crippen LogP contribution in [0.15, 0.2) is 6.07 Å². The van der Waals surface area contributed by atoms with E-state index in [0.29, 0.717) is 0 Å². The molecule has 1 aromatic rings. The maximum atomic E-state index is 5.52. The fraction of sp³-hybridized carbons (Fsp3) is 0.667. The molecule has 84 valence electrons. The van der Waals surface area contributed by atoms with Crippen molar-refractivity contribution in [3.05, 3.63) is 22.2 Å². The van der Waals surface area contributed by atoms with Gasteiger partial charge in [-0.3, -0.25) is 0 Å². The van der Waals surface area contributed by atoms with Crippen molar-refractivity contribution in [2.75, 3.05) is 0 Å². The topological polar surface area (TPSA) is 8.81 Å². The molecule has 0 radical (unpaired) electrons. The average molecular weight is 225 g/mol. The van der Waals surface area contributed by atoms with Crippen LogP contribution in [0.4, 0.5) is 0 Å². The van der Waals surface area contributed by atoms with Gasteiger partial charge >= 0.3 is 4.77 Å². The number of aryl methyl sites for hydroxylation is 2. The van der Waals surface area contributed by atoms with E-state index in [1.165, 1.54) is 11.4 Å². The quantitative estimate of drug-likeness (QED) is 0.565. The van der Waals surface area contributed by atoms with Crippen molar-refractivity contribution in [2.45, 2.75) is 53.6 Å². The van der Waals surface area contributed by atoms with Crippen LogP contribution in [0.25, 0.3) is 0 Å². The van der Waals surface area contributed by atoms with Gasteiger partial charge < -0.3 is 0 Å². The van der Waals surface area contributed by atoms with Gasteiger partial charge in [0.25, 0.3) is 0 Å². The largest absolute Gasteiger partial charge is 0.351 e. The second-order valence-corrected chi connectivity index (χ2v) is 4.38. The van der Waals surface area contributed by atoms with Gasteiger partial charge in [0.2, 0.25) is 0 Å². The zero-order chi connectivity index (χ0) is 11.4. The molecule has 0 unspecified atom stereocenters. The van der Waals surface area contributed by atoms with Gasteiger partial charge in [0.15, 0.2) is 0 Å². The van der Waals surface area contributed by atoms with Crippen molar-refractivity contribution in [3.63, 3.8) is 0 Å². The van der Waals surface area contributed by atoms with E-state index in [1.54, 1.807) is 0 Å². The third-order valence-electron chi connectivity index (χ3n) is 2.63. The Balaban J connectivity index is 3.29. The van der Waals surface area contributed by atoms with Crippen molar-refractivity contribution in [1.29, 1.82) is 0 Å². The maximum Gasteiger partial charge on any atom is 0.351 e. The minimum Gasteiger partial charge on any atom is -0.222 e. The Kier molecular flexibility index (Phi) is 4.45. The molecule has 15 heavy (non-hydrogen) atoms. The highest BCUT2D eigenvalue weighted by atomic mass is 32.1. The summed E-state index contributed by atoms with van der Waals surface area (Å²) in [4.78, 5) is 0. The van der Waals surface area contributed by atoms with Gasteiger partial charge in [-0.15, -0.1) is 0 Å². The first-order valence-electron chi connectivity index (χ1n) is 5.72. The summed E-state index contributed by atoms with van der Waals surface area (Å²) >= 11 is 5.52. The monoisotopic (exact) mass is 225 g/mol. The normalized spacial score (nSPS) is 10.7. The molecule has 2 nitrogen and oxygen atoms in total. The first-order chi connectivity index (χ1) is 7.11. The summed E-state index contributed by atoms with van der Waals surface area (Å²) in [6.07, 6.45) is 2.26. The molecule has 3 heteroatoms. The molecule has 0 amide bonds. The summed E-state index contributed by atoms with van der Waals surface area (Å²) in [6, 6.07) is 2.22. The molecule has 0 aromatic carbocycles. The molecule has 1 rings (SSSR count). The van der Waals surface area contributed by atoms with Crippen molar-refractivity contribution in [1.82, 2.24) is 4.57 Å². The van der Waals surface area contributed by atoms with E-state index < -0.39 is 0 Å². The van der Waals surface area contributed by atoms with Crippen molar-refractivity contribution in [2.24, 2.45) is 0 Å². The van der Waals surface area contributed by atoms with Crippen LogP contribution < -0.4 is 4.57 Å². The van der Waals surface area contributed by atoms with E-state index in [9.17, 15) is 0 Å². The van der Waals surface area contributed by atoms with Gasteiger partial charge in [-0.2, -0.15) is 0 Å². The lowest BCUT2D eigenvalue weighted by molar-refractivity contribution is -0.713. The summed E-state index contributed by atoms with van der Waals surface area (Å²) in [7, 11) is 0. The molecule has 0 N–H and O–H groups in total. The van der Waals surface area contributed by atoms with E-state index in [1.807, 2.05) is 0 Å². The first kappa shape index (κ1) is 12.4. The molecule has 0 saturated carbocycles. The summed E-state index contributed by atoms with van der Waals surface area (Å²) in [5.74, 6) is 0. The van der Waals surface area contributed by atoms with Crippen LogP contribution in [0, 0.1) is 18.6 Å². The van der Waals surface area contributed by atoms with E-state index in [2.05, 4.69) is 42.9 Å². The molecule has 0 aliphatic heterocycles. The maximum absolute atomic E-state index is 5.52. The Labute approximate surface area is 97.6 Å². The van der Waals surface area contributed by atoms with Crippen LogP contribution in [0.2, 0.25) is 0 Å². The Hall–Kier alpha value is -0.700. The van der Waals surface area contributed by atoms with Crippen molar-refractivity contribution >= 4 is 12.2 Å². The van der Waals surface area contributed by atoms with Crippen LogP contribution in [0.3, 0.4) is 0 Å². The van der Waals surface area contributed by atoms with E-state index in [0.717, 1.165) is 30.7 Å². The third kappa shape index (κ3) is 2.65. The second-order valence-electron chi connectivity index (χ2n) is 4.01. The molecular formula is C12H21N2S+. The number of rotatable bonds is 4. The lowest BCUT2D eigenvalue weighted by atomic mass is 10.3. The molecule has 0 atom stereocenters. The molecule has 0 bridgehead atoms. The second kappa shape index (κ2) is 5.40. The van der Waals surface area contributed by atoms with E-state index in [4.69, 9.17) is 12.2 Å². The van der Waals surface area contributed by atoms with Crippen LogP contribution in [-0.2, 0) is 13.1 Å². The van der Waals surface area contributed by atoms with Crippen LogP contribution in [-0.4, -0.2) is 4.57 Å². The number of nitrogens with zero attached hydrogens (tertiary/aromatic N) is 2. The zero-order valence-electron chi connectivity index (χ0n) is 10.2. The molecule has 0 spiro atoms. The number of aromatic nitrogens is 2. The lowest BCUT2D eigenvalue weighted by Gasteiger charge is -2.09. The van der Waals surface area contributed by atoms with Crippen LogP contribution >= 0.6 is 12.2 Å². The van der Waals surface area contributed by atoms with E-state index in [-0.39, 0.29) is 0 Å². The molecule has 0 aliphatic carbocycles. The molecule has 1 aromatic heterocycles. The van der Waals surface area contributed by atoms with Crippen LogP contribution in [0.5, 0.6) is 0 Å². The Bertz CT molecular complexity index is 360. The smallest absolute Gasteiger partial charge is 0.222 e. The fourth-order valence-electron chi connectivity index (χ4n) is 1.90. The van der Waals surface area contributed by atoms with Crippen LogP contribution in [0.1, 0.15) is 38.1 Å². The molecule has 0 saturated heterocycles. The molecule has 1 heterocycles. The first-order valence-corrected chi connectivity index (χ1v) is 6.13. The minimum atomic E-state index is 0.969. The zero-order valence-corrected chi connectivity index (χ0v) is 11.0. The predicted molar refractivity (Wildman–Crippen MR) is 65.5 cm³/mol. The molecule has 0 aliphatic rings. The Morgan fingerprint density at radius 1 is 1.27 bits per heavy atom. The third-order valence-corrected chi connectivity index (χ3v) is 3.07. The number of hydrogen-bond acceptors (Lipinski definition) is 1. The Morgan fingerprint density at radius 3 is 2.47 bits per heavy atom. The average Bonchev–Trinajstić information content (AvgIpc) is 2.19. The van der Waals surface area contributed by atoms with Gasteiger partial charge in [-0.1, -0.05) is 13.8 Å². The lowest BCUT2D eigenvalue weighted by Crippen LogP contribution is -2.41. The highest BCUT2D eigenvalue weighted by Gasteiger charge is 2.12. The minimum absolute atomic E-state index is 0.969. The summed E-state index contributed by atoms with van der Waals surface area (Å²) < 4.78 is 5.44. The van der Waals surface area contributed by atoms with Gasteiger partial charge in [0.1, 0.15) is 11.4 Å². The summed E-state index contributed by atoms with van der Waals surface area (Å²) in [5.41, 5.74) is 2.54. The SMILES string of the molecule is CCCn1c(C)cc(C)[n+](CCC)c1=S.